The summed E-state index contributed by atoms with van der Waals surface area (Å²) in [6, 6.07) is 7.82. The lowest BCUT2D eigenvalue weighted by Crippen LogP contribution is -2.37. The molecule has 130 valence electrons. The van der Waals surface area contributed by atoms with Gasteiger partial charge >= 0.3 is 0 Å². The zero-order valence-corrected chi connectivity index (χ0v) is 14.6. The molecular formula is C18H24N2O3S. The number of nitrogens with one attached hydrogen (secondary N) is 1. The van der Waals surface area contributed by atoms with E-state index in [9.17, 15) is 9.59 Å². The molecule has 1 aromatic carbocycles. The van der Waals surface area contributed by atoms with Gasteiger partial charge in [-0.25, -0.2) is 0 Å². The van der Waals surface area contributed by atoms with Crippen LogP contribution in [0, 0.1) is 0 Å². The van der Waals surface area contributed by atoms with Crippen LogP contribution in [0.3, 0.4) is 0 Å². The van der Waals surface area contributed by atoms with Gasteiger partial charge < -0.3 is 15.0 Å². The maximum absolute atomic E-state index is 12.2. The fraction of sp³-hybridized carbons (Fsp3) is 0.556. The highest BCUT2D eigenvalue weighted by molar-refractivity contribution is 8.00. The molecule has 2 heterocycles. The molecule has 2 aliphatic heterocycles. The van der Waals surface area contributed by atoms with Crippen molar-refractivity contribution in [2.24, 2.45) is 0 Å². The molecule has 0 aromatic heterocycles. The third-order valence-electron chi connectivity index (χ3n) is 4.46. The quantitative estimate of drug-likeness (QED) is 0.887. The second-order valence-electron chi connectivity index (χ2n) is 6.23. The van der Waals surface area contributed by atoms with E-state index in [1.807, 2.05) is 29.2 Å². The molecule has 0 unspecified atom stereocenters. The number of ether oxygens (including phenoxy) is 1. The maximum Gasteiger partial charge on any atom is 0.232 e. The molecule has 0 spiro atoms. The van der Waals surface area contributed by atoms with Gasteiger partial charge in [0.1, 0.15) is 5.75 Å². The summed E-state index contributed by atoms with van der Waals surface area (Å²) in [5, 5.41) is 3.06. The Morgan fingerprint density at radius 3 is 2.79 bits per heavy atom. The van der Waals surface area contributed by atoms with Gasteiger partial charge in [-0.05, 0) is 25.3 Å². The Morgan fingerprint density at radius 2 is 1.96 bits per heavy atom. The van der Waals surface area contributed by atoms with E-state index >= 15 is 0 Å². The summed E-state index contributed by atoms with van der Waals surface area (Å²) in [4.78, 5) is 26.2. The normalized spacial score (nSPS) is 20.0. The van der Waals surface area contributed by atoms with Crippen molar-refractivity contribution in [2.45, 2.75) is 31.7 Å². The molecule has 2 aliphatic rings. The van der Waals surface area contributed by atoms with Crippen molar-refractivity contribution in [2.75, 3.05) is 31.2 Å². The van der Waals surface area contributed by atoms with Crippen LogP contribution in [-0.2, 0) is 9.59 Å². The van der Waals surface area contributed by atoms with Gasteiger partial charge in [0, 0.05) is 25.1 Å². The average molecular weight is 348 g/mol. The van der Waals surface area contributed by atoms with Crippen molar-refractivity contribution in [1.29, 1.82) is 0 Å². The number of amides is 2. The molecule has 6 heteroatoms. The number of benzene rings is 1. The molecule has 0 radical (unpaired) electrons. The highest BCUT2D eigenvalue weighted by Crippen LogP contribution is 2.31. The third kappa shape index (κ3) is 4.44. The predicted molar refractivity (Wildman–Crippen MR) is 95.2 cm³/mol. The van der Waals surface area contributed by atoms with Crippen molar-refractivity contribution in [3.8, 4) is 5.75 Å². The van der Waals surface area contributed by atoms with E-state index in [2.05, 4.69) is 5.32 Å². The van der Waals surface area contributed by atoms with Crippen LogP contribution >= 0.6 is 11.8 Å². The molecule has 0 aliphatic carbocycles. The Balaban J connectivity index is 1.42. The van der Waals surface area contributed by atoms with Crippen molar-refractivity contribution in [3.05, 3.63) is 29.8 Å². The zero-order valence-electron chi connectivity index (χ0n) is 13.8. The van der Waals surface area contributed by atoms with Crippen LogP contribution in [0.5, 0.6) is 5.75 Å². The molecule has 3 rings (SSSR count). The minimum atomic E-state index is -0.0202. The monoisotopic (exact) mass is 348 g/mol. The van der Waals surface area contributed by atoms with E-state index < -0.39 is 0 Å². The van der Waals surface area contributed by atoms with Gasteiger partial charge in [-0.15, -0.1) is 11.8 Å². The minimum Gasteiger partial charge on any atom is -0.493 e. The molecular weight excluding hydrogens is 324 g/mol. The average Bonchev–Trinajstić information content (AvgIpc) is 2.63. The molecule has 24 heavy (non-hydrogen) atoms. The van der Waals surface area contributed by atoms with E-state index in [1.54, 1.807) is 0 Å². The first kappa shape index (κ1) is 17.1. The van der Waals surface area contributed by atoms with Crippen LogP contribution in [0.2, 0.25) is 0 Å². The summed E-state index contributed by atoms with van der Waals surface area (Å²) < 4.78 is 5.61. The van der Waals surface area contributed by atoms with Crippen molar-refractivity contribution < 1.29 is 14.3 Å². The second-order valence-corrected chi connectivity index (χ2v) is 7.21. The molecule has 2 amide bonds. The minimum absolute atomic E-state index is 0.000783. The molecule has 1 fully saturated rings. The summed E-state index contributed by atoms with van der Waals surface area (Å²) in [5.74, 6) is 1.69. The third-order valence-corrected chi connectivity index (χ3v) is 5.38. The van der Waals surface area contributed by atoms with E-state index in [0.717, 1.165) is 43.7 Å². The molecule has 1 atom stereocenters. The van der Waals surface area contributed by atoms with Gasteiger partial charge in [-0.2, -0.15) is 0 Å². The maximum atomic E-state index is 12.2. The first-order valence-corrected chi connectivity index (χ1v) is 9.76. The lowest BCUT2D eigenvalue weighted by molar-refractivity contribution is -0.129. The summed E-state index contributed by atoms with van der Waals surface area (Å²) in [5.41, 5.74) is 1.03. The van der Waals surface area contributed by atoms with Crippen LogP contribution in [0.15, 0.2) is 24.3 Å². The highest BCUT2D eigenvalue weighted by atomic mass is 32.2. The fourth-order valence-corrected chi connectivity index (χ4v) is 3.92. The topological polar surface area (TPSA) is 58.6 Å². The molecule has 5 nitrogen and oxygen atoms in total. The first-order chi connectivity index (χ1) is 11.7. The van der Waals surface area contributed by atoms with Gasteiger partial charge in [0.25, 0.3) is 0 Å². The van der Waals surface area contributed by atoms with Crippen LogP contribution in [0.4, 0.5) is 0 Å². The number of carbonyl (C=O) groups is 2. The standard InChI is InChI=1S/C18H24N2O3S/c21-17(12-24-13-18(22)20-9-4-1-5-10-20)19-15-8-11-23-16-7-3-2-6-14(15)16/h2-3,6-7,15H,1,4-5,8-13H2,(H,19,21)/t15-/m1/s1. The van der Waals surface area contributed by atoms with E-state index in [0.29, 0.717) is 18.1 Å². The number of carbonyl (C=O) groups excluding carboxylic acids is 2. The smallest absolute Gasteiger partial charge is 0.232 e. The Bertz CT molecular complexity index is 587. The number of thioether (sulfide) groups is 1. The number of hydrogen-bond acceptors (Lipinski definition) is 4. The summed E-state index contributed by atoms with van der Waals surface area (Å²) in [6.07, 6.45) is 4.19. The molecule has 0 saturated carbocycles. The number of para-hydroxylation sites is 1. The Morgan fingerprint density at radius 1 is 1.17 bits per heavy atom. The van der Waals surface area contributed by atoms with E-state index in [4.69, 9.17) is 4.74 Å². The van der Waals surface area contributed by atoms with Gasteiger partial charge in [0.15, 0.2) is 0 Å². The van der Waals surface area contributed by atoms with Crippen molar-refractivity contribution >= 4 is 23.6 Å². The van der Waals surface area contributed by atoms with E-state index in [1.165, 1.54) is 18.2 Å². The van der Waals surface area contributed by atoms with Crippen LogP contribution in [-0.4, -0.2) is 47.9 Å². The lowest BCUT2D eigenvalue weighted by atomic mass is 10.0. The number of piperidine rings is 1. The SMILES string of the molecule is O=C(CSCC(=O)N1CCCCC1)N[C@@H]1CCOc2ccccc21. The molecule has 1 N–H and O–H groups in total. The first-order valence-electron chi connectivity index (χ1n) is 8.60. The largest absolute Gasteiger partial charge is 0.493 e. The Hall–Kier alpha value is -1.69. The van der Waals surface area contributed by atoms with Crippen LogP contribution < -0.4 is 10.1 Å². The van der Waals surface area contributed by atoms with Gasteiger partial charge in [-0.1, -0.05) is 18.2 Å². The van der Waals surface area contributed by atoms with Crippen molar-refractivity contribution in [3.63, 3.8) is 0 Å². The number of likely N-dealkylation sites (tertiary alicyclic amines) is 1. The molecule has 1 saturated heterocycles. The Labute approximate surface area is 147 Å². The molecule has 1 aromatic rings. The number of rotatable bonds is 5. The van der Waals surface area contributed by atoms with Gasteiger partial charge in [0.05, 0.1) is 24.2 Å². The second kappa shape index (κ2) is 8.42. The number of hydrogen-bond donors (Lipinski definition) is 1. The zero-order chi connectivity index (χ0) is 16.8. The van der Waals surface area contributed by atoms with Crippen LogP contribution in [0.25, 0.3) is 0 Å². The van der Waals surface area contributed by atoms with Gasteiger partial charge in [-0.3, -0.25) is 9.59 Å². The predicted octanol–water partition coefficient (Wildman–Crippen LogP) is 2.37. The number of fused-ring (bicyclic) bond motifs is 1. The van der Waals surface area contributed by atoms with Crippen LogP contribution in [0.1, 0.15) is 37.3 Å². The fourth-order valence-electron chi connectivity index (χ4n) is 3.19. The molecule has 0 bridgehead atoms. The number of nitrogens with zero attached hydrogens (tertiary/aromatic N) is 1. The lowest BCUT2D eigenvalue weighted by Gasteiger charge is -2.27. The Kier molecular flexibility index (Phi) is 6.01. The highest BCUT2D eigenvalue weighted by Gasteiger charge is 2.23. The van der Waals surface area contributed by atoms with Crippen molar-refractivity contribution in [1.82, 2.24) is 10.2 Å². The summed E-state index contributed by atoms with van der Waals surface area (Å²) in [7, 11) is 0. The van der Waals surface area contributed by atoms with Gasteiger partial charge in [0.2, 0.25) is 11.8 Å². The summed E-state index contributed by atoms with van der Waals surface area (Å²) in [6.45, 7) is 2.34. The summed E-state index contributed by atoms with van der Waals surface area (Å²) >= 11 is 1.40. The van der Waals surface area contributed by atoms with E-state index in [-0.39, 0.29) is 17.9 Å².